The van der Waals surface area contributed by atoms with Crippen LogP contribution in [0, 0.1) is 5.41 Å². The molecular weight excluding hydrogens is 262 g/mol. The second-order valence-electron chi connectivity index (χ2n) is 6.07. The topological polar surface area (TPSA) is 49.3 Å². The number of carbonyl (C=O) groups excluding carboxylic acids is 1. The van der Waals surface area contributed by atoms with E-state index in [-0.39, 0.29) is 23.3 Å². The Kier molecular flexibility index (Phi) is 4.04. The van der Waals surface area contributed by atoms with E-state index in [2.05, 4.69) is 19.2 Å². The molecule has 0 radical (unpaired) electrons. The molecule has 4 heteroatoms. The summed E-state index contributed by atoms with van der Waals surface area (Å²) in [6.07, 6.45) is 4.22. The van der Waals surface area contributed by atoms with Crippen molar-refractivity contribution in [2.75, 3.05) is 0 Å². The number of rotatable bonds is 2. The molecule has 1 aromatic rings. The van der Waals surface area contributed by atoms with Crippen molar-refractivity contribution in [3.8, 4) is 5.75 Å². The second kappa shape index (κ2) is 5.41. The largest absolute Gasteiger partial charge is 0.507 e. The van der Waals surface area contributed by atoms with Crippen LogP contribution in [0.4, 0.5) is 0 Å². The van der Waals surface area contributed by atoms with Crippen molar-refractivity contribution < 1.29 is 9.90 Å². The van der Waals surface area contributed by atoms with Crippen molar-refractivity contribution >= 4 is 17.5 Å². The average Bonchev–Trinajstić information content (AvgIpc) is 2.31. The molecule has 0 heterocycles. The Balaban J connectivity index is 1.98. The number of hydrogen-bond donors (Lipinski definition) is 2. The molecule has 19 heavy (non-hydrogen) atoms. The fourth-order valence-electron chi connectivity index (χ4n) is 2.50. The van der Waals surface area contributed by atoms with E-state index in [9.17, 15) is 9.90 Å². The van der Waals surface area contributed by atoms with Crippen molar-refractivity contribution in [3.05, 3.63) is 28.8 Å². The van der Waals surface area contributed by atoms with Gasteiger partial charge in [-0.2, -0.15) is 0 Å². The van der Waals surface area contributed by atoms with Crippen LogP contribution in [0.25, 0.3) is 0 Å². The molecule has 0 saturated heterocycles. The normalized spacial score (nSPS) is 19.1. The molecule has 2 N–H and O–H groups in total. The molecule has 1 aliphatic carbocycles. The van der Waals surface area contributed by atoms with Gasteiger partial charge in [0, 0.05) is 11.1 Å². The molecule has 3 nitrogen and oxygen atoms in total. The Morgan fingerprint density at radius 3 is 2.58 bits per heavy atom. The lowest BCUT2D eigenvalue weighted by Crippen LogP contribution is -2.39. The molecule has 2 rings (SSSR count). The zero-order valence-electron chi connectivity index (χ0n) is 11.4. The lowest BCUT2D eigenvalue weighted by atomic mass is 9.75. The van der Waals surface area contributed by atoms with Gasteiger partial charge < -0.3 is 10.4 Å². The van der Waals surface area contributed by atoms with Gasteiger partial charge in [0.05, 0.1) is 5.56 Å². The van der Waals surface area contributed by atoms with Crippen LogP contribution in [0.3, 0.4) is 0 Å². The second-order valence-corrected chi connectivity index (χ2v) is 6.51. The van der Waals surface area contributed by atoms with Gasteiger partial charge in [0.2, 0.25) is 0 Å². The van der Waals surface area contributed by atoms with E-state index in [1.165, 1.54) is 6.07 Å². The predicted molar refractivity (Wildman–Crippen MR) is 76.6 cm³/mol. The number of carbonyl (C=O) groups is 1. The van der Waals surface area contributed by atoms with E-state index in [0.29, 0.717) is 10.4 Å². The summed E-state index contributed by atoms with van der Waals surface area (Å²) in [4.78, 5) is 12.1. The summed E-state index contributed by atoms with van der Waals surface area (Å²) < 4.78 is 0. The molecule has 1 fully saturated rings. The third-order valence-electron chi connectivity index (χ3n) is 3.88. The highest BCUT2D eigenvalue weighted by atomic mass is 35.5. The zero-order valence-corrected chi connectivity index (χ0v) is 12.1. The van der Waals surface area contributed by atoms with E-state index in [1.54, 1.807) is 12.1 Å². The standard InChI is InChI=1S/C15H20ClNO2/c1-15(2)7-5-11(6-8-15)17-14(19)12-4-3-10(16)9-13(12)18/h3-4,9,11,18H,5-8H2,1-2H3,(H,17,19). The fraction of sp³-hybridized carbons (Fsp3) is 0.533. The first-order chi connectivity index (χ1) is 8.87. The number of hydrogen-bond acceptors (Lipinski definition) is 2. The monoisotopic (exact) mass is 281 g/mol. The Morgan fingerprint density at radius 1 is 1.37 bits per heavy atom. The van der Waals surface area contributed by atoms with Crippen LogP contribution in [0.1, 0.15) is 49.9 Å². The molecule has 0 aliphatic heterocycles. The SMILES string of the molecule is CC1(C)CCC(NC(=O)c2ccc(Cl)cc2O)CC1. The minimum absolute atomic E-state index is 0.0684. The van der Waals surface area contributed by atoms with E-state index in [0.717, 1.165) is 25.7 Å². The van der Waals surface area contributed by atoms with Crippen LogP contribution >= 0.6 is 11.6 Å². The summed E-state index contributed by atoms with van der Waals surface area (Å²) in [5, 5.41) is 13.1. The van der Waals surface area contributed by atoms with Crippen molar-refractivity contribution in [2.45, 2.75) is 45.6 Å². The van der Waals surface area contributed by atoms with Crippen LogP contribution in [0.5, 0.6) is 5.75 Å². The third kappa shape index (κ3) is 3.63. The van der Waals surface area contributed by atoms with Gasteiger partial charge in [0.15, 0.2) is 0 Å². The van der Waals surface area contributed by atoms with Crippen molar-refractivity contribution in [1.82, 2.24) is 5.32 Å². The lowest BCUT2D eigenvalue weighted by Gasteiger charge is -2.34. The van der Waals surface area contributed by atoms with Gasteiger partial charge in [-0.25, -0.2) is 0 Å². The molecule has 1 saturated carbocycles. The molecule has 104 valence electrons. The summed E-state index contributed by atoms with van der Waals surface area (Å²) in [5.41, 5.74) is 0.665. The van der Waals surface area contributed by atoms with Crippen LogP contribution in [-0.4, -0.2) is 17.1 Å². The number of benzene rings is 1. The average molecular weight is 282 g/mol. The summed E-state index contributed by atoms with van der Waals surface area (Å²) in [5.74, 6) is -0.292. The highest BCUT2D eigenvalue weighted by Gasteiger charge is 2.28. The number of amides is 1. The van der Waals surface area contributed by atoms with Gasteiger partial charge in [0.1, 0.15) is 5.75 Å². The molecule has 0 spiro atoms. The zero-order chi connectivity index (χ0) is 14.0. The van der Waals surface area contributed by atoms with Crippen LogP contribution in [0.2, 0.25) is 5.02 Å². The van der Waals surface area contributed by atoms with E-state index in [1.807, 2.05) is 0 Å². The molecule has 0 aromatic heterocycles. The van der Waals surface area contributed by atoms with Gasteiger partial charge >= 0.3 is 0 Å². The predicted octanol–water partition coefficient (Wildman–Crippen LogP) is 3.74. The number of aromatic hydroxyl groups is 1. The maximum Gasteiger partial charge on any atom is 0.255 e. The Bertz CT molecular complexity index is 475. The van der Waals surface area contributed by atoms with Crippen LogP contribution in [0.15, 0.2) is 18.2 Å². The molecule has 0 bridgehead atoms. The van der Waals surface area contributed by atoms with Crippen LogP contribution in [-0.2, 0) is 0 Å². The highest BCUT2D eigenvalue weighted by molar-refractivity contribution is 6.30. The first-order valence-electron chi connectivity index (χ1n) is 6.67. The smallest absolute Gasteiger partial charge is 0.255 e. The van der Waals surface area contributed by atoms with E-state index >= 15 is 0 Å². The molecule has 1 amide bonds. The Hall–Kier alpha value is -1.22. The van der Waals surface area contributed by atoms with Crippen LogP contribution < -0.4 is 5.32 Å². The van der Waals surface area contributed by atoms with Crippen molar-refractivity contribution in [3.63, 3.8) is 0 Å². The summed E-state index contributed by atoms with van der Waals surface area (Å²) in [6, 6.07) is 4.76. The molecule has 0 unspecified atom stereocenters. The number of halogens is 1. The summed E-state index contributed by atoms with van der Waals surface area (Å²) in [6.45, 7) is 4.52. The number of phenolic OH excluding ortho intramolecular Hbond substituents is 1. The van der Waals surface area contributed by atoms with Gasteiger partial charge in [0.25, 0.3) is 5.91 Å². The number of phenols is 1. The summed E-state index contributed by atoms with van der Waals surface area (Å²) in [7, 11) is 0. The third-order valence-corrected chi connectivity index (χ3v) is 4.11. The summed E-state index contributed by atoms with van der Waals surface area (Å²) >= 11 is 5.75. The van der Waals surface area contributed by atoms with Crippen molar-refractivity contribution in [2.24, 2.45) is 5.41 Å². The molecule has 0 atom stereocenters. The van der Waals surface area contributed by atoms with E-state index < -0.39 is 0 Å². The quantitative estimate of drug-likeness (QED) is 0.867. The fourth-order valence-corrected chi connectivity index (χ4v) is 2.67. The highest BCUT2D eigenvalue weighted by Crippen LogP contribution is 2.35. The lowest BCUT2D eigenvalue weighted by molar-refractivity contribution is 0.0906. The number of nitrogens with one attached hydrogen (secondary N) is 1. The van der Waals surface area contributed by atoms with Gasteiger partial charge in [-0.3, -0.25) is 4.79 Å². The maximum absolute atomic E-state index is 12.1. The van der Waals surface area contributed by atoms with E-state index in [4.69, 9.17) is 11.6 Å². The van der Waals surface area contributed by atoms with Gasteiger partial charge in [-0.15, -0.1) is 0 Å². The Labute approximate surface area is 119 Å². The molecule has 1 aliphatic rings. The Morgan fingerprint density at radius 2 is 2.00 bits per heavy atom. The maximum atomic E-state index is 12.1. The van der Waals surface area contributed by atoms with Crippen molar-refractivity contribution in [1.29, 1.82) is 0 Å². The molecular formula is C15H20ClNO2. The molecule has 1 aromatic carbocycles. The minimum Gasteiger partial charge on any atom is -0.507 e. The first kappa shape index (κ1) is 14.2. The van der Waals surface area contributed by atoms with Gasteiger partial charge in [-0.1, -0.05) is 25.4 Å². The van der Waals surface area contributed by atoms with Gasteiger partial charge in [-0.05, 0) is 49.3 Å². The first-order valence-corrected chi connectivity index (χ1v) is 7.04. The minimum atomic E-state index is -0.223.